The quantitative estimate of drug-likeness (QED) is 0.485. The molecule has 0 atom stereocenters. The molecule has 1 aromatic rings. The fraction of sp³-hybridized carbons (Fsp3) is 0.143. The molecule has 0 aliphatic carbocycles. The Morgan fingerprint density at radius 1 is 1.33 bits per heavy atom. The van der Waals surface area contributed by atoms with Crippen molar-refractivity contribution in [2.24, 2.45) is 0 Å². The number of rotatable bonds is 1. The summed E-state index contributed by atoms with van der Waals surface area (Å²) < 4.78 is 0. The van der Waals surface area contributed by atoms with Gasteiger partial charge in [-0.15, -0.1) is 0 Å². The van der Waals surface area contributed by atoms with E-state index in [1.54, 1.807) is 0 Å². The molecule has 0 bridgehead atoms. The first-order valence-electron chi connectivity index (χ1n) is 3.09. The molecule has 5 heteroatoms. The molecule has 0 fully saturated rings. The smallest absolute Gasteiger partial charge is 0.310 e. The first-order valence-corrected chi connectivity index (χ1v) is 3.09. The number of benzene rings is 1. The van der Waals surface area contributed by atoms with Crippen LogP contribution < -0.4 is 0 Å². The molecule has 0 saturated heterocycles. The van der Waals surface area contributed by atoms with Crippen LogP contribution in [-0.2, 0) is 0 Å². The average molecular weight is 171 g/mol. The molecule has 0 spiro atoms. The summed E-state index contributed by atoms with van der Waals surface area (Å²) >= 11 is 0. The molecule has 0 saturated carbocycles. The normalized spacial score (nSPS) is 8.17. The zero-order valence-corrected chi connectivity index (χ0v) is 6.47. The summed E-state index contributed by atoms with van der Waals surface area (Å²) in [6.45, 7) is 0. The molecule has 1 aromatic carbocycles. The number of aliphatic hydroxyl groups is 1. The molecule has 2 N–H and O–H groups in total. The molecule has 0 amide bonds. The van der Waals surface area contributed by atoms with Crippen LogP contribution in [0.15, 0.2) is 24.3 Å². The Bertz CT molecular complexity index is 261. The van der Waals surface area contributed by atoms with Crippen molar-refractivity contribution < 1.29 is 15.1 Å². The molecular weight excluding hydrogens is 162 g/mol. The van der Waals surface area contributed by atoms with Crippen LogP contribution in [0.3, 0.4) is 0 Å². The van der Waals surface area contributed by atoms with Crippen LogP contribution in [0.1, 0.15) is 0 Å². The van der Waals surface area contributed by atoms with Gasteiger partial charge in [0.2, 0.25) is 0 Å². The molecule has 5 nitrogen and oxygen atoms in total. The van der Waals surface area contributed by atoms with Crippen molar-refractivity contribution in [1.29, 1.82) is 0 Å². The van der Waals surface area contributed by atoms with Crippen molar-refractivity contribution >= 4 is 5.69 Å². The molecule has 0 aliphatic heterocycles. The highest BCUT2D eigenvalue weighted by Crippen LogP contribution is 2.23. The molecule has 0 heterocycles. The van der Waals surface area contributed by atoms with Crippen molar-refractivity contribution in [2.45, 2.75) is 0 Å². The van der Waals surface area contributed by atoms with E-state index in [4.69, 9.17) is 10.2 Å². The third kappa shape index (κ3) is 2.55. The van der Waals surface area contributed by atoms with Crippen LogP contribution >= 0.6 is 0 Å². The first-order chi connectivity index (χ1) is 5.72. The van der Waals surface area contributed by atoms with E-state index in [0.717, 1.165) is 7.11 Å². The second-order valence-corrected chi connectivity index (χ2v) is 1.75. The lowest BCUT2D eigenvalue weighted by Crippen LogP contribution is -1.86. The van der Waals surface area contributed by atoms with Gasteiger partial charge in [0.15, 0.2) is 5.75 Å². The number of aliphatic hydroxyl groups excluding tert-OH is 1. The number of nitrogens with zero attached hydrogens (tertiary/aromatic N) is 1. The van der Waals surface area contributed by atoms with Gasteiger partial charge in [-0.3, -0.25) is 10.1 Å². The van der Waals surface area contributed by atoms with Crippen molar-refractivity contribution in [3.63, 3.8) is 0 Å². The average Bonchev–Trinajstić information content (AvgIpc) is 2.08. The zero-order valence-electron chi connectivity index (χ0n) is 6.47. The second-order valence-electron chi connectivity index (χ2n) is 1.75. The van der Waals surface area contributed by atoms with Gasteiger partial charge in [0.05, 0.1) is 4.92 Å². The highest BCUT2D eigenvalue weighted by Gasteiger charge is 2.09. The maximum atomic E-state index is 10.1. The van der Waals surface area contributed by atoms with Crippen LogP contribution in [-0.4, -0.2) is 22.2 Å². The molecule has 0 aliphatic rings. The highest BCUT2D eigenvalue weighted by atomic mass is 16.6. The number of nitro benzene ring substituents is 1. The lowest BCUT2D eigenvalue weighted by atomic mass is 10.3. The molecule has 66 valence electrons. The number of hydrogen-bond donors (Lipinski definition) is 2. The largest absolute Gasteiger partial charge is 0.502 e. The standard InChI is InChI=1S/C6H5NO3.CH4O/c8-6-4-2-1-3-5(6)7(9)10;1-2/h1-4,8H;2H,1H3. The lowest BCUT2D eigenvalue weighted by molar-refractivity contribution is -0.385. The topological polar surface area (TPSA) is 83.6 Å². The van der Waals surface area contributed by atoms with Gasteiger partial charge in [-0.25, -0.2) is 0 Å². The Morgan fingerprint density at radius 3 is 2.17 bits per heavy atom. The SMILES string of the molecule is CO.O=[N+]([O-])c1ccccc1O. The minimum absolute atomic E-state index is 0.262. The lowest BCUT2D eigenvalue weighted by Gasteiger charge is -1.91. The van der Waals surface area contributed by atoms with E-state index in [-0.39, 0.29) is 11.4 Å². The van der Waals surface area contributed by atoms with E-state index in [1.165, 1.54) is 24.3 Å². The summed E-state index contributed by atoms with van der Waals surface area (Å²) in [5.74, 6) is -0.299. The number of aromatic hydroxyl groups is 1. The van der Waals surface area contributed by atoms with E-state index in [9.17, 15) is 10.1 Å². The minimum atomic E-state index is -0.630. The summed E-state index contributed by atoms with van der Waals surface area (Å²) in [5, 5.41) is 25.9. The fourth-order valence-electron chi connectivity index (χ4n) is 0.619. The maximum Gasteiger partial charge on any atom is 0.310 e. The second kappa shape index (κ2) is 5.09. The van der Waals surface area contributed by atoms with Gasteiger partial charge in [0.1, 0.15) is 0 Å². The number of para-hydroxylation sites is 2. The third-order valence-electron chi connectivity index (χ3n) is 1.08. The van der Waals surface area contributed by atoms with E-state index in [2.05, 4.69) is 0 Å². The van der Waals surface area contributed by atoms with Gasteiger partial charge < -0.3 is 10.2 Å². The predicted octanol–water partition coefficient (Wildman–Crippen LogP) is 0.909. The summed E-state index contributed by atoms with van der Waals surface area (Å²) in [5.41, 5.74) is -0.262. The number of nitro groups is 1. The summed E-state index contributed by atoms with van der Waals surface area (Å²) in [6, 6.07) is 5.55. The monoisotopic (exact) mass is 171 g/mol. The van der Waals surface area contributed by atoms with Crippen LogP contribution in [0, 0.1) is 10.1 Å². The zero-order chi connectivity index (χ0) is 9.56. The Morgan fingerprint density at radius 2 is 1.83 bits per heavy atom. The Kier molecular flexibility index (Phi) is 4.40. The van der Waals surface area contributed by atoms with Crippen molar-refractivity contribution in [1.82, 2.24) is 0 Å². The van der Waals surface area contributed by atoms with E-state index in [1.807, 2.05) is 0 Å². The van der Waals surface area contributed by atoms with Gasteiger partial charge in [0.25, 0.3) is 0 Å². The van der Waals surface area contributed by atoms with Gasteiger partial charge >= 0.3 is 5.69 Å². The number of hydrogen-bond acceptors (Lipinski definition) is 4. The van der Waals surface area contributed by atoms with E-state index >= 15 is 0 Å². The molecule has 0 radical (unpaired) electrons. The van der Waals surface area contributed by atoms with Crippen LogP contribution in [0.5, 0.6) is 5.75 Å². The van der Waals surface area contributed by atoms with Crippen molar-refractivity contribution in [3.05, 3.63) is 34.4 Å². The minimum Gasteiger partial charge on any atom is -0.502 e. The van der Waals surface area contributed by atoms with Gasteiger partial charge in [-0.2, -0.15) is 0 Å². The van der Waals surface area contributed by atoms with Crippen LogP contribution in [0.25, 0.3) is 0 Å². The molecular formula is C7H9NO4. The molecule has 0 unspecified atom stereocenters. The maximum absolute atomic E-state index is 10.1. The van der Waals surface area contributed by atoms with E-state index < -0.39 is 4.92 Å². The van der Waals surface area contributed by atoms with Crippen molar-refractivity contribution in [3.8, 4) is 5.75 Å². The van der Waals surface area contributed by atoms with E-state index in [0.29, 0.717) is 0 Å². The van der Waals surface area contributed by atoms with Gasteiger partial charge in [-0.1, -0.05) is 12.1 Å². The molecule has 1 rings (SSSR count). The highest BCUT2D eigenvalue weighted by molar-refractivity contribution is 5.44. The van der Waals surface area contributed by atoms with Gasteiger partial charge in [0, 0.05) is 13.2 Å². The summed E-state index contributed by atoms with van der Waals surface area (Å²) in [6.07, 6.45) is 0. The Balaban J connectivity index is 0.000000561. The third-order valence-corrected chi connectivity index (χ3v) is 1.08. The number of phenols is 1. The Hall–Kier alpha value is -1.62. The van der Waals surface area contributed by atoms with Crippen LogP contribution in [0.4, 0.5) is 5.69 Å². The van der Waals surface area contributed by atoms with Crippen LogP contribution in [0.2, 0.25) is 0 Å². The molecule has 12 heavy (non-hydrogen) atoms. The Labute approximate surface area is 69.0 Å². The fourth-order valence-corrected chi connectivity index (χ4v) is 0.619. The molecule has 0 aromatic heterocycles. The predicted molar refractivity (Wildman–Crippen MR) is 42.9 cm³/mol. The first kappa shape index (κ1) is 10.4. The van der Waals surface area contributed by atoms with Crippen molar-refractivity contribution in [2.75, 3.05) is 7.11 Å². The summed E-state index contributed by atoms with van der Waals surface area (Å²) in [7, 11) is 1.00. The summed E-state index contributed by atoms with van der Waals surface area (Å²) in [4.78, 5) is 9.44. The van der Waals surface area contributed by atoms with Gasteiger partial charge in [-0.05, 0) is 6.07 Å². The number of phenolic OH excluding ortho intramolecular Hbond substituents is 1.